The van der Waals surface area contributed by atoms with Crippen molar-refractivity contribution >= 4 is 33.4 Å². The zero-order chi connectivity index (χ0) is 20.1. The van der Waals surface area contributed by atoms with E-state index in [9.17, 15) is 22.8 Å². The molecule has 1 aliphatic carbocycles. The Hall–Kier alpha value is -2.98. The molecule has 2 N–H and O–H groups in total. The number of amides is 3. The van der Waals surface area contributed by atoms with Crippen molar-refractivity contribution in [2.24, 2.45) is 5.14 Å². The van der Waals surface area contributed by atoms with Crippen molar-refractivity contribution in [3.05, 3.63) is 48.4 Å². The van der Waals surface area contributed by atoms with Crippen LogP contribution in [0.25, 0.3) is 0 Å². The van der Waals surface area contributed by atoms with Crippen LogP contribution in [0.1, 0.15) is 29.8 Å². The van der Waals surface area contributed by atoms with Crippen molar-refractivity contribution in [1.82, 2.24) is 4.90 Å². The summed E-state index contributed by atoms with van der Waals surface area (Å²) in [7, 11) is -3.89. The van der Waals surface area contributed by atoms with Crippen LogP contribution in [0.2, 0.25) is 0 Å². The van der Waals surface area contributed by atoms with Gasteiger partial charge in [0.1, 0.15) is 6.04 Å². The summed E-state index contributed by atoms with van der Waals surface area (Å²) in [6, 6.07) is 7.21. The van der Waals surface area contributed by atoms with E-state index in [2.05, 4.69) is 0 Å². The van der Waals surface area contributed by atoms with Crippen LogP contribution in [-0.2, 0) is 19.6 Å². The molecule has 2 aromatic rings. The maximum absolute atomic E-state index is 13.0. The van der Waals surface area contributed by atoms with E-state index in [1.165, 1.54) is 41.5 Å². The number of hydrogen-bond acceptors (Lipinski definition) is 6. The van der Waals surface area contributed by atoms with Crippen LogP contribution in [0.5, 0.6) is 0 Å². The Bertz CT molecular complexity index is 1040. The average molecular weight is 403 g/mol. The Morgan fingerprint density at radius 1 is 1.14 bits per heavy atom. The molecule has 2 heterocycles. The van der Waals surface area contributed by atoms with Crippen LogP contribution >= 0.6 is 0 Å². The van der Waals surface area contributed by atoms with Gasteiger partial charge in [0.05, 0.1) is 23.3 Å². The number of sulfonamides is 1. The SMILES string of the molecule is NS(=O)(=O)c1ccc(N2C(=O)CC(N(C(=O)c3ccco3)C3CC3)C2=O)cc1. The maximum Gasteiger partial charge on any atom is 0.290 e. The lowest BCUT2D eigenvalue weighted by atomic mass is 10.2. The summed E-state index contributed by atoms with van der Waals surface area (Å²) in [4.78, 5) is 40.6. The third-order valence-electron chi connectivity index (χ3n) is 4.79. The van der Waals surface area contributed by atoms with Gasteiger partial charge in [0.15, 0.2) is 5.76 Å². The third kappa shape index (κ3) is 3.20. The normalized spacial score (nSPS) is 19.9. The molecule has 0 radical (unpaired) electrons. The first-order valence-electron chi connectivity index (χ1n) is 8.63. The summed E-state index contributed by atoms with van der Waals surface area (Å²) in [5.74, 6) is -1.30. The molecule has 2 fully saturated rings. The number of carbonyl (C=O) groups excluding carboxylic acids is 3. The molecule has 1 atom stereocenters. The number of furan rings is 1. The molecule has 10 heteroatoms. The molecular formula is C18H17N3O6S. The summed E-state index contributed by atoms with van der Waals surface area (Å²) < 4.78 is 27.9. The highest BCUT2D eigenvalue weighted by atomic mass is 32.2. The topological polar surface area (TPSA) is 131 Å². The van der Waals surface area contributed by atoms with Crippen molar-refractivity contribution in [2.75, 3.05) is 4.90 Å². The van der Waals surface area contributed by atoms with Gasteiger partial charge in [-0.05, 0) is 49.2 Å². The van der Waals surface area contributed by atoms with E-state index in [0.29, 0.717) is 0 Å². The number of rotatable bonds is 5. The summed E-state index contributed by atoms with van der Waals surface area (Å²) in [5, 5.41) is 5.07. The summed E-state index contributed by atoms with van der Waals surface area (Å²) in [6.07, 6.45) is 2.75. The molecule has 1 unspecified atom stereocenters. The van der Waals surface area contributed by atoms with Gasteiger partial charge in [0, 0.05) is 6.04 Å². The molecule has 9 nitrogen and oxygen atoms in total. The molecule has 1 saturated heterocycles. The molecule has 1 aromatic heterocycles. The molecule has 28 heavy (non-hydrogen) atoms. The molecule has 1 aromatic carbocycles. The minimum Gasteiger partial charge on any atom is -0.459 e. The first kappa shape index (κ1) is 18.4. The predicted octanol–water partition coefficient (Wildman–Crippen LogP) is 0.864. The van der Waals surface area contributed by atoms with Crippen LogP contribution in [0, 0.1) is 0 Å². The van der Waals surface area contributed by atoms with Crippen LogP contribution in [0.15, 0.2) is 52.0 Å². The lowest BCUT2D eigenvalue weighted by Gasteiger charge is -2.26. The molecule has 0 bridgehead atoms. The molecular weight excluding hydrogens is 386 g/mol. The van der Waals surface area contributed by atoms with Crippen LogP contribution < -0.4 is 10.0 Å². The minimum atomic E-state index is -3.89. The Morgan fingerprint density at radius 3 is 2.36 bits per heavy atom. The van der Waals surface area contributed by atoms with Gasteiger partial charge in [0.25, 0.3) is 11.8 Å². The third-order valence-corrected chi connectivity index (χ3v) is 5.72. The number of benzene rings is 1. The van der Waals surface area contributed by atoms with E-state index in [0.717, 1.165) is 17.7 Å². The number of nitrogens with two attached hydrogens (primary N) is 1. The number of hydrogen-bond donors (Lipinski definition) is 1. The predicted molar refractivity (Wildman–Crippen MR) is 96.6 cm³/mol. The van der Waals surface area contributed by atoms with Crippen molar-refractivity contribution in [2.45, 2.75) is 36.2 Å². The van der Waals surface area contributed by atoms with E-state index in [4.69, 9.17) is 9.56 Å². The maximum atomic E-state index is 13.0. The summed E-state index contributed by atoms with van der Waals surface area (Å²) in [6.45, 7) is 0. The molecule has 0 spiro atoms. The Kier molecular flexibility index (Phi) is 4.31. The van der Waals surface area contributed by atoms with E-state index < -0.39 is 33.8 Å². The van der Waals surface area contributed by atoms with E-state index >= 15 is 0 Å². The van der Waals surface area contributed by atoms with Crippen molar-refractivity contribution in [3.8, 4) is 0 Å². The van der Waals surface area contributed by atoms with Gasteiger partial charge in [0.2, 0.25) is 15.9 Å². The van der Waals surface area contributed by atoms with Crippen molar-refractivity contribution < 1.29 is 27.2 Å². The fraction of sp³-hybridized carbons (Fsp3) is 0.278. The van der Waals surface area contributed by atoms with E-state index in [1.807, 2.05) is 0 Å². The highest BCUT2D eigenvalue weighted by Gasteiger charge is 2.49. The van der Waals surface area contributed by atoms with E-state index in [1.54, 1.807) is 6.07 Å². The summed E-state index contributed by atoms with van der Waals surface area (Å²) >= 11 is 0. The first-order chi connectivity index (χ1) is 13.3. The van der Waals surface area contributed by atoms with Crippen LogP contribution in [0.4, 0.5) is 5.69 Å². The lowest BCUT2D eigenvalue weighted by molar-refractivity contribution is -0.122. The number of carbonyl (C=O) groups is 3. The number of primary sulfonamides is 1. The second-order valence-electron chi connectivity index (χ2n) is 6.75. The molecule has 146 valence electrons. The van der Waals surface area contributed by atoms with Gasteiger partial charge in [-0.25, -0.2) is 18.5 Å². The standard InChI is InChI=1S/C18H17N3O6S/c19-28(25,26)13-7-5-12(6-8-13)21-16(22)10-14(17(21)23)20(11-3-4-11)18(24)15-2-1-9-27-15/h1-2,5-9,11,14H,3-4,10H2,(H2,19,25,26). The highest BCUT2D eigenvalue weighted by Crippen LogP contribution is 2.35. The molecule has 2 aliphatic rings. The van der Waals surface area contributed by atoms with Gasteiger partial charge in [-0.2, -0.15) is 0 Å². The lowest BCUT2D eigenvalue weighted by Crippen LogP contribution is -2.46. The number of nitrogens with zero attached hydrogens (tertiary/aromatic N) is 2. The second kappa shape index (κ2) is 6.57. The second-order valence-corrected chi connectivity index (χ2v) is 8.31. The quantitative estimate of drug-likeness (QED) is 0.737. The molecule has 1 aliphatic heterocycles. The fourth-order valence-corrected chi connectivity index (χ4v) is 3.85. The van der Waals surface area contributed by atoms with Gasteiger partial charge >= 0.3 is 0 Å². The van der Waals surface area contributed by atoms with E-state index in [-0.39, 0.29) is 28.8 Å². The smallest absolute Gasteiger partial charge is 0.290 e. The first-order valence-corrected chi connectivity index (χ1v) is 10.2. The zero-order valence-corrected chi connectivity index (χ0v) is 15.5. The molecule has 1 saturated carbocycles. The molecule has 3 amide bonds. The Morgan fingerprint density at radius 2 is 1.82 bits per heavy atom. The largest absolute Gasteiger partial charge is 0.459 e. The van der Waals surface area contributed by atoms with Gasteiger partial charge in [-0.3, -0.25) is 14.4 Å². The highest BCUT2D eigenvalue weighted by molar-refractivity contribution is 7.89. The Balaban J connectivity index is 1.62. The molecule has 4 rings (SSSR count). The van der Waals surface area contributed by atoms with Gasteiger partial charge in [-0.15, -0.1) is 0 Å². The number of imide groups is 1. The Labute approximate surface area is 160 Å². The fourth-order valence-electron chi connectivity index (χ4n) is 3.33. The van der Waals surface area contributed by atoms with Crippen LogP contribution in [-0.4, -0.2) is 43.1 Å². The average Bonchev–Trinajstić information content (AvgIpc) is 3.23. The van der Waals surface area contributed by atoms with Gasteiger partial charge < -0.3 is 9.32 Å². The van der Waals surface area contributed by atoms with Crippen LogP contribution in [0.3, 0.4) is 0 Å². The van der Waals surface area contributed by atoms with Crippen molar-refractivity contribution in [1.29, 1.82) is 0 Å². The van der Waals surface area contributed by atoms with Crippen molar-refractivity contribution in [3.63, 3.8) is 0 Å². The minimum absolute atomic E-state index is 0.107. The summed E-state index contributed by atoms with van der Waals surface area (Å²) in [5.41, 5.74) is 0.228. The zero-order valence-electron chi connectivity index (χ0n) is 14.6. The van der Waals surface area contributed by atoms with Gasteiger partial charge in [-0.1, -0.05) is 0 Å². The number of anilines is 1. The monoisotopic (exact) mass is 403 g/mol.